The first kappa shape index (κ1) is 29.2. The summed E-state index contributed by atoms with van der Waals surface area (Å²) in [5.41, 5.74) is 3.25. The molecular formula is C29H36ClN3O5. The van der Waals surface area contributed by atoms with E-state index in [9.17, 15) is 9.59 Å². The predicted molar refractivity (Wildman–Crippen MR) is 147 cm³/mol. The van der Waals surface area contributed by atoms with Gasteiger partial charge in [0, 0.05) is 24.2 Å². The Morgan fingerprint density at radius 2 is 1.74 bits per heavy atom. The molecule has 2 aromatic carbocycles. The lowest BCUT2D eigenvalue weighted by Gasteiger charge is -2.26. The van der Waals surface area contributed by atoms with Gasteiger partial charge in [-0.05, 0) is 82.5 Å². The summed E-state index contributed by atoms with van der Waals surface area (Å²) in [6.45, 7) is 12.2. The maximum Gasteiger partial charge on any atom is 0.349 e. The van der Waals surface area contributed by atoms with Crippen molar-refractivity contribution in [2.45, 2.75) is 60.2 Å². The number of ether oxygens (including phenoxy) is 2. The fourth-order valence-corrected chi connectivity index (χ4v) is 4.08. The highest BCUT2D eigenvalue weighted by molar-refractivity contribution is 6.30. The van der Waals surface area contributed by atoms with Gasteiger partial charge in [-0.15, -0.1) is 0 Å². The number of likely N-dealkylation sites (N-methyl/N-ethyl adjacent to an activating group) is 1. The molecule has 0 bridgehead atoms. The summed E-state index contributed by atoms with van der Waals surface area (Å²) in [7, 11) is 1.74. The highest BCUT2D eigenvalue weighted by Gasteiger charge is 2.32. The Balaban J connectivity index is 1.55. The van der Waals surface area contributed by atoms with E-state index in [4.69, 9.17) is 25.5 Å². The smallest absolute Gasteiger partial charge is 0.349 e. The van der Waals surface area contributed by atoms with Crippen LogP contribution in [0.2, 0.25) is 5.02 Å². The minimum absolute atomic E-state index is 0.0648. The average Bonchev–Trinajstić information content (AvgIpc) is 3.21. The van der Waals surface area contributed by atoms with Crippen molar-refractivity contribution in [1.29, 1.82) is 0 Å². The lowest BCUT2D eigenvalue weighted by Crippen LogP contribution is -2.40. The van der Waals surface area contributed by atoms with Crippen LogP contribution in [0.3, 0.4) is 0 Å². The number of aryl methyl sites for hydroxylation is 3. The van der Waals surface area contributed by atoms with Crippen molar-refractivity contribution in [2.24, 2.45) is 0 Å². The van der Waals surface area contributed by atoms with E-state index in [1.165, 1.54) is 0 Å². The molecule has 1 aromatic heterocycles. The number of nitrogens with one attached hydrogen (secondary N) is 1. The number of benzene rings is 2. The highest BCUT2D eigenvalue weighted by atomic mass is 35.5. The average molecular weight is 542 g/mol. The van der Waals surface area contributed by atoms with Gasteiger partial charge >= 0.3 is 5.97 Å². The van der Waals surface area contributed by atoms with E-state index in [1.807, 2.05) is 45.0 Å². The summed E-state index contributed by atoms with van der Waals surface area (Å²) in [4.78, 5) is 31.2. The van der Waals surface area contributed by atoms with Gasteiger partial charge in [0.15, 0.2) is 5.60 Å². The van der Waals surface area contributed by atoms with Gasteiger partial charge < -0.3 is 24.1 Å². The highest BCUT2D eigenvalue weighted by Crippen LogP contribution is 2.29. The Morgan fingerprint density at radius 3 is 2.34 bits per heavy atom. The van der Waals surface area contributed by atoms with Crippen LogP contribution in [0.5, 0.6) is 5.75 Å². The second kappa shape index (κ2) is 12.5. The first-order chi connectivity index (χ1) is 17.9. The summed E-state index contributed by atoms with van der Waals surface area (Å²) >= 11 is 5.96. The van der Waals surface area contributed by atoms with Crippen molar-refractivity contribution in [2.75, 3.05) is 20.2 Å². The summed E-state index contributed by atoms with van der Waals surface area (Å²) < 4.78 is 17.0. The number of carbonyl (C=O) groups is 2. The van der Waals surface area contributed by atoms with Gasteiger partial charge in [-0.1, -0.05) is 23.7 Å². The van der Waals surface area contributed by atoms with Gasteiger partial charge in [0.25, 0.3) is 0 Å². The lowest BCUT2D eigenvalue weighted by molar-refractivity contribution is -0.158. The molecule has 204 valence electrons. The molecule has 3 rings (SSSR count). The van der Waals surface area contributed by atoms with E-state index in [-0.39, 0.29) is 12.5 Å². The fourth-order valence-electron chi connectivity index (χ4n) is 3.96. The first-order valence-corrected chi connectivity index (χ1v) is 12.9. The van der Waals surface area contributed by atoms with E-state index >= 15 is 0 Å². The van der Waals surface area contributed by atoms with Crippen molar-refractivity contribution in [3.8, 4) is 17.2 Å². The third-order valence-corrected chi connectivity index (χ3v) is 6.30. The van der Waals surface area contributed by atoms with Crippen LogP contribution in [-0.4, -0.2) is 47.6 Å². The first-order valence-electron chi connectivity index (χ1n) is 12.5. The van der Waals surface area contributed by atoms with Crippen molar-refractivity contribution in [3.05, 3.63) is 69.6 Å². The number of aromatic nitrogens is 1. The molecule has 0 aliphatic carbocycles. The SMILES string of the molecule is CCOC(=O)C(C)(C)Oc1c(C)cc(CNCC(=O)N(C)Cc2nc(-c3ccc(Cl)cc3)oc2C)cc1C. The molecule has 3 aromatic rings. The summed E-state index contributed by atoms with van der Waals surface area (Å²) in [6, 6.07) is 11.2. The zero-order valence-corrected chi connectivity index (χ0v) is 23.9. The minimum Gasteiger partial charge on any atom is -0.476 e. The van der Waals surface area contributed by atoms with Gasteiger partial charge in [0.2, 0.25) is 11.8 Å². The minimum atomic E-state index is -1.10. The van der Waals surface area contributed by atoms with Gasteiger partial charge in [-0.25, -0.2) is 9.78 Å². The van der Waals surface area contributed by atoms with Gasteiger partial charge in [0.05, 0.1) is 19.7 Å². The number of esters is 1. The summed E-state index contributed by atoms with van der Waals surface area (Å²) in [5, 5.41) is 3.86. The molecule has 0 radical (unpaired) electrons. The van der Waals surface area contributed by atoms with E-state index < -0.39 is 11.6 Å². The number of rotatable bonds is 11. The number of hydrogen-bond donors (Lipinski definition) is 1. The molecule has 0 saturated heterocycles. The number of halogens is 1. The second-order valence-electron chi connectivity index (χ2n) is 9.77. The quantitative estimate of drug-likeness (QED) is 0.325. The Labute approximate surface area is 229 Å². The van der Waals surface area contributed by atoms with Gasteiger partial charge in [-0.2, -0.15) is 0 Å². The second-order valence-corrected chi connectivity index (χ2v) is 10.2. The zero-order valence-electron chi connectivity index (χ0n) is 23.1. The largest absolute Gasteiger partial charge is 0.476 e. The molecule has 0 aliphatic heterocycles. The zero-order chi connectivity index (χ0) is 28.0. The molecule has 0 atom stereocenters. The van der Waals surface area contributed by atoms with Crippen LogP contribution in [0.25, 0.3) is 11.5 Å². The van der Waals surface area contributed by atoms with Crippen molar-refractivity contribution < 1.29 is 23.5 Å². The van der Waals surface area contributed by atoms with Crippen LogP contribution >= 0.6 is 11.6 Å². The maximum absolute atomic E-state index is 12.8. The predicted octanol–water partition coefficient (Wildman–Crippen LogP) is 5.39. The van der Waals surface area contributed by atoms with Crippen LogP contribution in [-0.2, 0) is 27.4 Å². The van der Waals surface area contributed by atoms with E-state index in [1.54, 1.807) is 44.9 Å². The fraction of sp³-hybridized carbons (Fsp3) is 0.414. The van der Waals surface area contributed by atoms with Gasteiger partial charge in [0.1, 0.15) is 17.2 Å². The molecule has 0 aliphatic rings. The van der Waals surface area contributed by atoms with Crippen molar-refractivity contribution in [3.63, 3.8) is 0 Å². The molecule has 0 spiro atoms. The van der Waals surface area contributed by atoms with Crippen LogP contribution in [0.4, 0.5) is 0 Å². The number of amides is 1. The molecule has 0 fully saturated rings. The molecule has 1 N–H and O–H groups in total. The molecule has 9 heteroatoms. The van der Waals surface area contributed by atoms with Crippen molar-refractivity contribution in [1.82, 2.24) is 15.2 Å². The number of oxazole rings is 1. The summed E-state index contributed by atoms with van der Waals surface area (Å²) in [5.74, 6) is 1.35. The van der Waals surface area contributed by atoms with Crippen LogP contribution in [0.1, 0.15) is 48.9 Å². The van der Waals surface area contributed by atoms with Crippen LogP contribution < -0.4 is 10.1 Å². The lowest BCUT2D eigenvalue weighted by atomic mass is 10.0. The van der Waals surface area contributed by atoms with E-state index in [2.05, 4.69) is 10.3 Å². The van der Waals surface area contributed by atoms with Crippen molar-refractivity contribution >= 4 is 23.5 Å². The summed E-state index contributed by atoms with van der Waals surface area (Å²) in [6.07, 6.45) is 0. The monoisotopic (exact) mass is 541 g/mol. The molecular weight excluding hydrogens is 506 g/mol. The van der Waals surface area contributed by atoms with E-state index in [0.29, 0.717) is 47.8 Å². The Kier molecular flexibility index (Phi) is 9.57. The number of hydrogen-bond acceptors (Lipinski definition) is 7. The van der Waals surface area contributed by atoms with E-state index in [0.717, 1.165) is 22.3 Å². The molecule has 38 heavy (non-hydrogen) atoms. The normalized spacial score (nSPS) is 11.4. The van der Waals surface area contributed by atoms with Gasteiger partial charge in [-0.3, -0.25) is 4.79 Å². The Morgan fingerprint density at radius 1 is 1.11 bits per heavy atom. The van der Waals surface area contributed by atoms with Crippen LogP contribution in [0.15, 0.2) is 40.8 Å². The number of carbonyl (C=O) groups excluding carboxylic acids is 2. The van der Waals surface area contributed by atoms with Crippen LogP contribution in [0, 0.1) is 20.8 Å². The molecule has 8 nitrogen and oxygen atoms in total. The molecule has 1 heterocycles. The Bertz CT molecular complexity index is 1260. The maximum atomic E-state index is 12.8. The number of nitrogens with zero attached hydrogens (tertiary/aromatic N) is 2. The molecule has 0 saturated carbocycles. The standard InChI is InChI=1S/C29H36ClN3O5/c1-8-36-28(35)29(5,6)38-26-18(2)13-21(14-19(26)3)15-31-16-25(34)33(7)17-24-20(4)37-27(32-24)22-9-11-23(30)12-10-22/h9-14,31H,8,15-17H2,1-7H3. The molecule has 0 unspecified atom stereocenters. The topological polar surface area (TPSA) is 93.9 Å². The molecule has 1 amide bonds. The Hall–Kier alpha value is -3.36. The third kappa shape index (κ3) is 7.36. The third-order valence-electron chi connectivity index (χ3n) is 6.05.